The summed E-state index contributed by atoms with van der Waals surface area (Å²) in [5, 5.41) is 0. The Labute approximate surface area is 515 Å². The predicted octanol–water partition coefficient (Wildman–Crippen LogP) is 22.6. The van der Waals surface area contributed by atoms with Crippen molar-refractivity contribution in [3.63, 3.8) is 0 Å². The second-order valence-electron chi connectivity index (χ2n) is 28.8. The third-order valence-electron chi connectivity index (χ3n) is 19.5. The van der Waals surface area contributed by atoms with Crippen LogP contribution in [0, 0.1) is 0 Å². The van der Waals surface area contributed by atoms with Crippen molar-refractivity contribution in [1.82, 2.24) is 0 Å². The average Bonchev–Trinajstić information content (AvgIpc) is 1.58. The highest BCUT2D eigenvalue weighted by molar-refractivity contribution is 6.02. The van der Waals surface area contributed by atoms with Gasteiger partial charge in [-0.2, -0.15) is 0 Å². The Morgan fingerprint density at radius 1 is 0.264 bits per heavy atom. The van der Waals surface area contributed by atoms with Gasteiger partial charge in [0, 0.05) is 39.1 Å². The summed E-state index contributed by atoms with van der Waals surface area (Å²) in [4.78, 5) is 2.54. The number of rotatable bonds is 5. The number of para-hydroxylation sites is 3. The number of anilines is 3. The molecular formula is C84H75NO2. The number of hydrogen-bond donors (Lipinski definition) is 0. The maximum atomic E-state index is 7.23. The van der Waals surface area contributed by atoms with Gasteiger partial charge in [0.15, 0.2) is 0 Å². The number of fused-ring (bicyclic) bond motifs is 18. The molecule has 428 valence electrons. The minimum absolute atomic E-state index is 0.0986. The van der Waals surface area contributed by atoms with Crippen LogP contribution < -0.4 is 14.4 Å². The Hall–Kier alpha value is -9.18. The van der Waals surface area contributed by atoms with Gasteiger partial charge in [-0.05, 0) is 160 Å². The lowest BCUT2D eigenvalue weighted by Gasteiger charge is -2.41. The van der Waals surface area contributed by atoms with Crippen molar-refractivity contribution in [1.29, 1.82) is 0 Å². The molecule has 0 fully saturated rings. The van der Waals surface area contributed by atoms with Crippen LogP contribution in [0.5, 0.6) is 23.0 Å². The van der Waals surface area contributed by atoms with E-state index in [2.05, 4.69) is 325 Å². The van der Waals surface area contributed by atoms with Crippen molar-refractivity contribution in [3.8, 4) is 67.5 Å². The number of hydrogen-bond acceptors (Lipinski definition) is 3. The monoisotopic (exact) mass is 1130 g/mol. The molecule has 0 bridgehead atoms. The van der Waals surface area contributed by atoms with E-state index in [1.54, 1.807) is 0 Å². The molecular weight excluding hydrogens is 1050 g/mol. The zero-order chi connectivity index (χ0) is 60.2. The normalized spacial score (nSPS) is 14.6. The zero-order valence-electron chi connectivity index (χ0n) is 52.3. The van der Waals surface area contributed by atoms with Crippen LogP contribution in [0.25, 0.3) is 44.5 Å². The Bertz CT molecular complexity index is 4500. The van der Waals surface area contributed by atoms with E-state index in [1.807, 2.05) is 0 Å². The van der Waals surface area contributed by atoms with Gasteiger partial charge in [-0.25, -0.2) is 0 Å². The molecule has 0 amide bonds. The summed E-state index contributed by atoms with van der Waals surface area (Å²) in [5.41, 5.74) is 25.7. The lowest BCUT2D eigenvalue weighted by molar-refractivity contribution is 0.433. The SMILES string of the molecule is CC(C)(C)c1ccc2c(c1)C1(c3cc(C(C)(C)C)ccc3O2)c2ccccc2-c2c(-c3ccccc3N(c3ccc4c(c3)C3(c5ccccc5O4)c4cc(C(C)(C)C)ccc4-c4ccc(C(C)(C)C)cc43)c3ccccc3-c3ccccc3)cccc21. The first-order chi connectivity index (χ1) is 41.7. The molecule has 2 aliphatic carbocycles. The van der Waals surface area contributed by atoms with Crippen LogP contribution in [0.15, 0.2) is 237 Å². The molecule has 2 aliphatic heterocycles. The summed E-state index contributed by atoms with van der Waals surface area (Å²) >= 11 is 0. The van der Waals surface area contributed by atoms with E-state index in [-0.39, 0.29) is 21.7 Å². The van der Waals surface area contributed by atoms with E-state index in [9.17, 15) is 0 Å². The second-order valence-corrected chi connectivity index (χ2v) is 28.8. The Balaban J connectivity index is 1.03. The third kappa shape index (κ3) is 8.14. The average molecular weight is 1130 g/mol. The third-order valence-corrected chi connectivity index (χ3v) is 19.5. The first kappa shape index (κ1) is 54.5. The molecule has 0 saturated heterocycles. The zero-order valence-corrected chi connectivity index (χ0v) is 52.3. The highest BCUT2D eigenvalue weighted by Crippen LogP contribution is 2.67. The summed E-state index contributed by atoms with van der Waals surface area (Å²) in [7, 11) is 0. The molecule has 0 atom stereocenters. The Morgan fingerprint density at radius 2 is 0.655 bits per heavy atom. The van der Waals surface area contributed by atoms with Gasteiger partial charge in [0.1, 0.15) is 23.0 Å². The lowest BCUT2D eigenvalue weighted by atomic mass is 9.64. The van der Waals surface area contributed by atoms with Crippen molar-refractivity contribution < 1.29 is 9.47 Å². The Kier molecular flexibility index (Phi) is 12.0. The maximum Gasteiger partial charge on any atom is 0.132 e. The van der Waals surface area contributed by atoms with Gasteiger partial charge in [0.25, 0.3) is 0 Å². The lowest BCUT2D eigenvalue weighted by Crippen LogP contribution is -2.33. The highest BCUT2D eigenvalue weighted by atomic mass is 16.5. The molecule has 4 aliphatic rings. The van der Waals surface area contributed by atoms with Crippen molar-refractivity contribution >= 4 is 17.1 Å². The first-order valence-electron chi connectivity index (χ1n) is 31.1. The van der Waals surface area contributed by atoms with Crippen molar-refractivity contribution in [2.24, 2.45) is 0 Å². The molecule has 0 N–H and O–H groups in total. The molecule has 0 aromatic heterocycles. The molecule has 11 aromatic carbocycles. The summed E-state index contributed by atoms with van der Waals surface area (Å²) in [5.74, 6) is 3.52. The minimum Gasteiger partial charge on any atom is -0.457 e. The molecule has 11 aromatic rings. The quantitative estimate of drug-likeness (QED) is 0.171. The van der Waals surface area contributed by atoms with E-state index in [4.69, 9.17) is 9.47 Å². The van der Waals surface area contributed by atoms with Crippen LogP contribution in [0.3, 0.4) is 0 Å². The summed E-state index contributed by atoms with van der Waals surface area (Å²) in [6.07, 6.45) is 0. The summed E-state index contributed by atoms with van der Waals surface area (Å²) in [6.45, 7) is 27.9. The molecule has 15 rings (SSSR count). The van der Waals surface area contributed by atoms with Crippen LogP contribution in [-0.2, 0) is 32.5 Å². The number of ether oxygens (including phenoxy) is 2. The fourth-order valence-corrected chi connectivity index (χ4v) is 15.0. The number of nitrogens with zero attached hydrogens (tertiary/aromatic N) is 1. The largest absolute Gasteiger partial charge is 0.457 e. The predicted molar refractivity (Wildman–Crippen MR) is 362 cm³/mol. The molecule has 0 radical (unpaired) electrons. The van der Waals surface area contributed by atoms with Gasteiger partial charge in [-0.1, -0.05) is 259 Å². The molecule has 3 nitrogen and oxygen atoms in total. The van der Waals surface area contributed by atoms with Crippen LogP contribution in [0.1, 0.15) is 150 Å². The topological polar surface area (TPSA) is 21.7 Å². The summed E-state index contributed by atoms with van der Waals surface area (Å²) < 4.78 is 14.3. The van der Waals surface area contributed by atoms with Crippen molar-refractivity contribution in [3.05, 3.63) is 303 Å². The van der Waals surface area contributed by atoms with Crippen molar-refractivity contribution in [2.75, 3.05) is 4.90 Å². The molecule has 0 unspecified atom stereocenters. The maximum absolute atomic E-state index is 7.23. The van der Waals surface area contributed by atoms with E-state index < -0.39 is 10.8 Å². The molecule has 2 spiro atoms. The van der Waals surface area contributed by atoms with Crippen LogP contribution in [0.2, 0.25) is 0 Å². The highest BCUT2D eigenvalue weighted by Gasteiger charge is 2.54. The standard InChI is InChI=1S/C84H75NO2/c1-79(2,3)53-37-42-59-60-43-38-54(80(4,5)6)48-68(60)84(67(59)47-53)65-32-20-23-36-74(65)86-77-46-41-57(51-71(77)84)85(72-34-21-17-27-58(72)52-25-14-13-15-26-52)73-35-22-18-28-61(73)62-30-24-33-66-78(62)63-29-16-19-31-64(63)83(66)69-49-55(81(7,8)9)39-44-75(69)87-76-45-40-56(50-70(76)83)82(10,11)12/h13-51H,1-12H3. The van der Waals surface area contributed by atoms with Crippen molar-refractivity contribution in [2.45, 2.75) is 116 Å². The smallest absolute Gasteiger partial charge is 0.132 e. The van der Waals surface area contributed by atoms with Gasteiger partial charge >= 0.3 is 0 Å². The second kappa shape index (κ2) is 19.2. The van der Waals surface area contributed by atoms with E-state index in [0.717, 1.165) is 73.4 Å². The van der Waals surface area contributed by atoms with E-state index in [0.29, 0.717) is 0 Å². The van der Waals surface area contributed by atoms with Gasteiger partial charge in [0.05, 0.1) is 22.2 Å². The van der Waals surface area contributed by atoms with Gasteiger partial charge < -0.3 is 14.4 Å². The molecule has 0 saturated carbocycles. The van der Waals surface area contributed by atoms with Crippen LogP contribution in [-0.4, -0.2) is 0 Å². The van der Waals surface area contributed by atoms with E-state index >= 15 is 0 Å². The molecule has 87 heavy (non-hydrogen) atoms. The van der Waals surface area contributed by atoms with E-state index in [1.165, 1.54) is 77.9 Å². The molecule has 3 heteroatoms. The molecule has 2 heterocycles. The first-order valence-corrected chi connectivity index (χ1v) is 31.1. The fraction of sp³-hybridized carbons (Fsp3) is 0.214. The fourth-order valence-electron chi connectivity index (χ4n) is 15.0. The van der Waals surface area contributed by atoms with Crippen LogP contribution >= 0.6 is 0 Å². The number of benzene rings is 11. The van der Waals surface area contributed by atoms with Gasteiger partial charge in [0.2, 0.25) is 0 Å². The van der Waals surface area contributed by atoms with Gasteiger partial charge in [-0.15, -0.1) is 0 Å². The van der Waals surface area contributed by atoms with Crippen LogP contribution in [0.4, 0.5) is 17.1 Å². The minimum atomic E-state index is -0.730. The Morgan fingerprint density at radius 3 is 1.22 bits per heavy atom. The summed E-state index contributed by atoms with van der Waals surface area (Å²) in [6, 6.07) is 89.5. The van der Waals surface area contributed by atoms with Gasteiger partial charge in [-0.3, -0.25) is 0 Å².